The summed E-state index contributed by atoms with van der Waals surface area (Å²) in [5, 5.41) is 28.7. The van der Waals surface area contributed by atoms with Crippen LogP contribution in [-0.4, -0.2) is 32.3 Å². The zero-order valence-electron chi connectivity index (χ0n) is 9.13. The van der Waals surface area contributed by atoms with Gasteiger partial charge in [-0.1, -0.05) is 35.5 Å². The molecule has 0 fully saturated rings. The number of benzene rings is 1. The van der Waals surface area contributed by atoms with E-state index in [1.807, 2.05) is 0 Å². The highest BCUT2D eigenvalue weighted by molar-refractivity contribution is 8.13. The topological polar surface area (TPSA) is 77.8 Å². The van der Waals surface area contributed by atoms with Crippen molar-refractivity contribution in [3.63, 3.8) is 0 Å². The van der Waals surface area contributed by atoms with Crippen molar-refractivity contribution in [3.05, 3.63) is 28.8 Å². The van der Waals surface area contributed by atoms with Crippen LogP contribution in [-0.2, 0) is 4.79 Å². The first-order valence-corrected chi connectivity index (χ1v) is 6.26. The number of rotatable bonds is 4. The van der Waals surface area contributed by atoms with E-state index in [4.69, 9.17) is 11.6 Å². The molecule has 0 saturated carbocycles. The summed E-state index contributed by atoms with van der Waals surface area (Å²) in [6.07, 6.45) is -2.36. The van der Waals surface area contributed by atoms with E-state index in [0.29, 0.717) is 0 Å². The van der Waals surface area contributed by atoms with E-state index >= 15 is 0 Å². The summed E-state index contributed by atoms with van der Waals surface area (Å²) in [5.41, 5.74) is 0.239. The van der Waals surface area contributed by atoms with Gasteiger partial charge in [-0.2, -0.15) is 0 Å². The van der Waals surface area contributed by atoms with E-state index in [2.05, 4.69) is 0 Å². The Morgan fingerprint density at radius 3 is 2.71 bits per heavy atom. The normalized spacial score (nSPS) is 14.4. The molecule has 0 aliphatic heterocycles. The van der Waals surface area contributed by atoms with E-state index in [-0.39, 0.29) is 27.2 Å². The third-order valence-corrected chi connectivity index (χ3v) is 3.48. The van der Waals surface area contributed by atoms with Gasteiger partial charge in [0.15, 0.2) is 5.12 Å². The van der Waals surface area contributed by atoms with Crippen LogP contribution in [0.4, 0.5) is 0 Å². The molecule has 2 atom stereocenters. The molecular formula is C11H13ClO4S. The Balaban J connectivity index is 2.77. The van der Waals surface area contributed by atoms with Gasteiger partial charge in [0, 0.05) is 18.2 Å². The molecule has 17 heavy (non-hydrogen) atoms. The molecule has 0 spiro atoms. The van der Waals surface area contributed by atoms with Crippen molar-refractivity contribution < 1.29 is 20.1 Å². The fourth-order valence-electron chi connectivity index (χ4n) is 1.27. The minimum Gasteiger partial charge on any atom is -0.506 e. The number of carbonyl (C=O) groups is 1. The zero-order chi connectivity index (χ0) is 13.0. The van der Waals surface area contributed by atoms with Crippen LogP contribution in [0, 0.1) is 0 Å². The molecular weight excluding hydrogens is 264 g/mol. The van der Waals surface area contributed by atoms with Crippen LogP contribution in [0.15, 0.2) is 18.2 Å². The smallest absolute Gasteiger partial charge is 0.185 e. The molecule has 0 radical (unpaired) electrons. The van der Waals surface area contributed by atoms with Crippen molar-refractivity contribution >= 4 is 28.5 Å². The van der Waals surface area contributed by atoms with Crippen molar-refractivity contribution in [2.75, 3.05) is 5.75 Å². The molecule has 3 N–H and O–H groups in total. The summed E-state index contributed by atoms with van der Waals surface area (Å²) in [6.45, 7) is 1.38. The summed E-state index contributed by atoms with van der Waals surface area (Å²) in [5.74, 6) is -0.0858. The molecule has 0 amide bonds. The van der Waals surface area contributed by atoms with Gasteiger partial charge in [0.2, 0.25) is 0 Å². The van der Waals surface area contributed by atoms with E-state index in [9.17, 15) is 20.1 Å². The average Bonchev–Trinajstić information content (AvgIpc) is 2.28. The van der Waals surface area contributed by atoms with Crippen molar-refractivity contribution in [3.8, 4) is 5.75 Å². The fraction of sp³-hybridized carbons (Fsp3) is 0.364. The maximum Gasteiger partial charge on any atom is 0.185 e. The van der Waals surface area contributed by atoms with Crippen molar-refractivity contribution in [1.82, 2.24) is 0 Å². The Bertz CT molecular complexity index is 410. The lowest BCUT2D eigenvalue weighted by molar-refractivity contribution is -0.109. The number of aliphatic hydroxyl groups is 2. The number of hydrogen-bond donors (Lipinski definition) is 3. The monoisotopic (exact) mass is 276 g/mol. The molecule has 1 aromatic rings. The van der Waals surface area contributed by atoms with Crippen LogP contribution in [0.3, 0.4) is 0 Å². The van der Waals surface area contributed by atoms with Crippen molar-refractivity contribution in [1.29, 1.82) is 0 Å². The predicted molar refractivity (Wildman–Crippen MR) is 67.2 cm³/mol. The van der Waals surface area contributed by atoms with Gasteiger partial charge in [0.1, 0.15) is 11.9 Å². The quantitative estimate of drug-likeness (QED) is 0.780. The number of aromatic hydroxyl groups is 1. The van der Waals surface area contributed by atoms with Crippen LogP contribution in [0.25, 0.3) is 0 Å². The molecule has 1 aromatic carbocycles. The predicted octanol–water partition coefficient (Wildman–Crippen LogP) is 1.72. The summed E-state index contributed by atoms with van der Waals surface area (Å²) >= 11 is 6.72. The zero-order valence-corrected chi connectivity index (χ0v) is 10.7. The first-order chi connectivity index (χ1) is 7.93. The van der Waals surface area contributed by atoms with Crippen LogP contribution >= 0.6 is 23.4 Å². The molecule has 0 bridgehead atoms. The summed E-state index contributed by atoms with van der Waals surface area (Å²) in [6, 6.07) is 4.41. The number of carbonyl (C=O) groups excluding carboxylic acids is 1. The highest BCUT2D eigenvalue weighted by Crippen LogP contribution is 2.32. The SMILES string of the molecule is CC(=O)SCC(O)C(O)c1cccc(O)c1Cl. The first-order valence-electron chi connectivity index (χ1n) is 4.90. The van der Waals surface area contributed by atoms with E-state index < -0.39 is 12.2 Å². The van der Waals surface area contributed by atoms with Gasteiger partial charge in [-0.05, 0) is 6.07 Å². The number of halogens is 1. The van der Waals surface area contributed by atoms with Gasteiger partial charge >= 0.3 is 0 Å². The Morgan fingerprint density at radius 2 is 2.12 bits per heavy atom. The number of aliphatic hydroxyl groups excluding tert-OH is 2. The lowest BCUT2D eigenvalue weighted by atomic mass is 10.1. The van der Waals surface area contributed by atoms with Crippen LogP contribution in [0.2, 0.25) is 5.02 Å². The summed E-state index contributed by atoms with van der Waals surface area (Å²) < 4.78 is 0. The Kier molecular flexibility index (Phi) is 5.27. The number of phenolic OH excluding ortho intramolecular Hbond substituents is 1. The molecule has 6 heteroatoms. The molecule has 0 aromatic heterocycles. The second-order valence-electron chi connectivity index (χ2n) is 3.50. The van der Waals surface area contributed by atoms with Gasteiger partial charge in [-0.3, -0.25) is 4.79 Å². The van der Waals surface area contributed by atoms with E-state index in [1.165, 1.54) is 25.1 Å². The maximum atomic E-state index is 10.7. The third kappa shape index (κ3) is 3.89. The third-order valence-electron chi connectivity index (χ3n) is 2.15. The van der Waals surface area contributed by atoms with Crippen LogP contribution < -0.4 is 0 Å². The number of thioether (sulfide) groups is 1. The molecule has 0 aliphatic carbocycles. The molecule has 2 unspecified atom stereocenters. The van der Waals surface area contributed by atoms with Crippen molar-refractivity contribution in [2.45, 2.75) is 19.1 Å². The van der Waals surface area contributed by atoms with Gasteiger partial charge < -0.3 is 15.3 Å². The number of phenols is 1. The maximum absolute atomic E-state index is 10.7. The Hall–Kier alpha value is -0.750. The number of hydrogen-bond acceptors (Lipinski definition) is 5. The second kappa shape index (κ2) is 6.26. The standard InChI is InChI=1S/C11H13ClO4S/c1-6(13)17-5-9(15)11(16)7-3-2-4-8(14)10(7)12/h2-4,9,11,14-16H,5H2,1H3. The van der Waals surface area contributed by atoms with E-state index in [1.54, 1.807) is 0 Å². The van der Waals surface area contributed by atoms with E-state index in [0.717, 1.165) is 11.8 Å². The van der Waals surface area contributed by atoms with Gasteiger partial charge in [-0.15, -0.1) is 0 Å². The lowest BCUT2D eigenvalue weighted by Crippen LogP contribution is -2.21. The Labute approximate surface area is 108 Å². The highest BCUT2D eigenvalue weighted by Gasteiger charge is 2.22. The Morgan fingerprint density at radius 1 is 1.47 bits per heavy atom. The van der Waals surface area contributed by atoms with Crippen LogP contribution in [0.5, 0.6) is 5.75 Å². The van der Waals surface area contributed by atoms with Gasteiger partial charge in [0.05, 0.1) is 11.1 Å². The minimum atomic E-state index is -1.23. The second-order valence-corrected chi connectivity index (χ2v) is 5.07. The van der Waals surface area contributed by atoms with Crippen LogP contribution in [0.1, 0.15) is 18.6 Å². The summed E-state index contributed by atoms with van der Waals surface area (Å²) in [7, 11) is 0. The fourth-order valence-corrected chi connectivity index (χ4v) is 2.09. The average molecular weight is 277 g/mol. The largest absolute Gasteiger partial charge is 0.506 e. The molecule has 1 rings (SSSR count). The molecule has 0 aliphatic rings. The molecule has 94 valence electrons. The molecule has 0 heterocycles. The summed E-state index contributed by atoms with van der Waals surface area (Å²) in [4.78, 5) is 10.7. The molecule has 4 nitrogen and oxygen atoms in total. The van der Waals surface area contributed by atoms with Gasteiger partial charge in [-0.25, -0.2) is 0 Å². The minimum absolute atomic E-state index is 0.00637. The van der Waals surface area contributed by atoms with Crippen molar-refractivity contribution in [2.24, 2.45) is 0 Å². The highest BCUT2D eigenvalue weighted by atomic mass is 35.5. The molecule has 0 saturated heterocycles. The lowest BCUT2D eigenvalue weighted by Gasteiger charge is -2.18. The first kappa shape index (κ1) is 14.3. The van der Waals surface area contributed by atoms with Gasteiger partial charge in [0.25, 0.3) is 0 Å².